The summed E-state index contributed by atoms with van der Waals surface area (Å²) < 4.78 is 10.3. The molecule has 0 fully saturated rings. The lowest BCUT2D eigenvalue weighted by Gasteiger charge is -2.15. The maximum Gasteiger partial charge on any atom is 0.315 e. The molecule has 1 aromatic carbocycles. The van der Waals surface area contributed by atoms with E-state index in [-0.39, 0.29) is 32.2 Å². The van der Waals surface area contributed by atoms with Crippen LogP contribution >= 0.6 is 0 Å². The highest BCUT2D eigenvalue weighted by molar-refractivity contribution is 6.01. The van der Waals surface area contributed by atoms with Gasteiger partial charge in [0.25, 0.3) is 0 Å². The summed E-state index contributed by atoms with van der Waals surface area (Å²) >= 11 is 0. The van der Waals surface area contributed by atoms with E-state index in [2.05, 4.69) is 10.6 Å². The minimum absolute atomic E-state index is 0.0393. The number of nitrogens with one attached hydrogen (secondary N) is 2. The molecule has 0 saturated heterocycles. The number of aliphatic hydroxyl groups is 1. The van der Waals surface area contributed by atoms with Gasteiger partial charge in [0.05, 0.1) is 0 Å². The smallest absolute Gasteiger partial charge is 0.315 e. The van der Waals surface area contributed by atoms with Crippen LogP contribution in [0.3, 0.4) is 0 Å². The van der Waals surface area contributed by atoms with Gasteiger partial charge in [-0.3, -0.25) is 19.2 Å². The lowest BCUT2D eigenvalue weighted by atomic mass is 9.97. The molecule has 2 amide bonds. The van der Waals surface area contributed by atoms with E-state index >= 15 is 0 Å². The fourth-order valence-corrected chi connectivity index (χ4v) is 2.06. The van der Waals surface area contributed by atoms with Gasteiger partial charge in [-0.25, -0.2) is 0 Å². The number of ether oxygens (including phenoxy) is 2. The third-order valence-electron chi connectivity index (χ3n) is 3.41. The Balaban J connectivity index is 2.24. The molecule has 0 unspecified atom stereocenters. The molecule has 3 N–H and O–H groups in total. The van der Waals surface area contributed by atoms with Crippen molar-refractivity contribution in [3.05, 3.63) is 29.8 Å². The number of esters is 1. The van der Waals surface area contributed by atoms with Crippen LogP contribution in [0.25, 0.3) is 0 Å². The third-order valence-corrected chi connectivity index (χ3v) is 3.41. The average molecular weight is 394 g/mol. The van der Waals surface area contributed by atoms with Crippen molar-refractivity contribution >= 4 is 23.6 Å². The highest BCUT2D eigenvalue weighted by atomic mass is 16.6. The molecule has 0 saturated carbocycles. The molecule has 0 spiro atoms. The summed E-state index contributed by atoms with van der Waals surface area (Å²) in [5.74, 6) is -1.32. The predicted molar refractivity (Wildman–Crippen MR) is 99.8 cm³/mol. The van der Waals surface area contributed by atoms with Crippen molar-refractivity contribution in [3.63, 3.8) is 0 Å². The lowest BCUT2D eigenvalue weighted by Crippen LogP contribution is -2.34. The van der Waals surface area contributed by atoms with E-state index in [1.807, 2.05) is 0 Å². The van der Waals surface area contributed by atoms with E-state index in [0.717, 1.165) is 0 Å². The Kier molecular flexibility index (Phi) is 9.10. The van der Waals surface area contributed by atoms with E-state index in [1.165, 1.54) is 32.9 Å². The van der Waals surface area contributed by atoms with E-state index in [4.69, 9.17) is 9.47 Å². The summed E-state index contributed by atoms with van der Waals surface area (Å²) in [5, 5.41) is 14.7. The molecular formula is C19H26N2O7. The van der Waals surface area contributed by atoms with Crippen molar-refractivity contribution < 1.29 is 33.8 Å². The minimum atomic E-state index is -1.45. The zero-order chi connectivity index (χ0) is 21.2. The van der Waals surface area contributed by atoms with Gasteiger partial charge in [-0.2, -0.15) is 0 Å². The summed E-state index contributed by atoms with van der Waals surface area (Å²) in [5.41, 5.74) is -1.09. The van der Waals surface area contributed by atoms with Crippen molar-refractivity contribution in [1.82, 2.24) is 10.6 Å². The largest absolute Gasteiger partial charge is 0.490 e. The Bertz CT molecular complexity index is 693. The first-order valence-electron chi connectivity index (χ1n) is 8.76. The lowest BCUT2D eigenvalue weighted by molar-refractivity contribution is -0.147. The van der Waals surface area contributed by atoms with E-state index in [0.29, 0.717) is 11.3 Å². The summed E-state index contributed by atoms with van der Waals surface area (Å²) in [6, 6.07) is 6.21. The number of ketones is 1. The highest BCUT2D eigenvalue weighted by Crippen LogP contribution is 2.17. The highest BCUT2D eigenvalue weighted by Gasteiger charge is 2.24. The zero-order valence-corrected chi connectivity index (χ0v) is 16.2. The molecular weight excluding hydrogens is 368 g/mol. The molecule has 0 atom stereocenters. The molecule has 0 aromatic heterocycles. The first kappa shape index (κ1) is 23.1. The topological polar surface area (TPSA) is 131 Å². The van der Waals surface area contributed by atoms with Crippen LogP contribution in [0.2, 0.25) is 0 Å². The van der Waals surface area contributed by atoms with Gasteiger partial charge in [-0.15, -0.1) is 0 Å². The number of amides is 2. The van der Waals surface area contributed by atoms with Crippen LogP contribution in [0.4, 0.5) is 0 Å². The first-order valence-corrected chi connectivity index (χ1v) is 8.76. The van der Waals surface area contributed by atoms with E-state index in [9.17, 15) is 24.3 Å². The molecule has 9 heteroatoms. The fraction of sp³-hybridized carbons (Fsp3) is 0.474. The fourth-order valence-electron chi connectivity index (χ4n) is 2.06. The van der Waals surface area contributed by atoms with Crippen molar-refractivity contribution in [2.45, 2.75) is 32.8 Å². The normalized spacial score (nSPS) is 10.7. The quantitative estimate of drug-likeness (QED) is 0.211. The Morgan fingerprint density at radius 3 is 2.18 bits per heavy atom. The van der Waals surface area contributed by atoms with Crippen LogP contribution in [0.5, 0.6) is 5.75 Å². The number of carbonyl (C=O) groups excluding carboxylic acids is 4. The second kappa shape index (κ2) is 11.0. The Morgan fingerprint density at radius 2 is 1.61 bits per heavy atom. The van der Waals surface area contributed by atoms with Gasteiger partial charge in [0.1, 0.15) is 31.0 Å². The Labute approximate surface area is 163 Å². The number of benzene rings is 1. The monoisotopic (exact) mass is 394 g/mol. The second-order valence-corrected chi connectivity index (χ2v) is 6.49. The Morgan fingerprint density at radius 1 is 1.00 bits per heavy atom. The summed E-state index contributed by atoms with van der Waals surface area (Å²) in [6.07, 6.45) is -0.423. The van der Waals surface area contributed by atoms with Gasteiger partial charge in [0.2, 0.25) is 11.8 Å². The van der Waals surface area contributed by atoms with Crippen LogP contribution in [-0.4, -0.2) is 60.6 Å². The van der Waals surface area contributed by atoms with Gasteiger partial charge < -0.3 is 25.2 Å². The number of rotatable bonds is 11. The van der Waals surface area contributed by atoms with Crippen LogP contribution < -0.4 is 15.4 Å². The van der Waals surface area contributed by atoms with Gasteiger partial charge in [-0.1, -0.05) is 0 Å². The molecule has 0 bridgehead atoms. The van der Waals surface area contributed by atoms with Crippen molar-refractivity contribution in [2.24, 2.45) is 0 Å². The number of carbonyl (C=O) groups is 4. The summed E-state index contributed by atoms with van der Waals surface area (Å²) in [7, 11) is 0. The molecule has 0 heterocycles. The SMILES string of the molecule is CC(=O)NCCNC(=O)CC(=O)OCCOc1ccc(C(=O)C(C)(C)O)cc1. The average Bonchev–Trinajstić information content (AvgIpc) is 2.61. The second-order valence-electron chi connectivity index (χ2n) is 6.49. The van der Waals surface area contributed by atoms with Gasteiger partial charge >= 0.3 is 5.97 Å². The van der Waals surface area contributed by atoms with E-state index < -0.39 is 29.7 Å². The summed E-state index contributed by atoms with van der Waals surface area (Å²) in [6.45, 7) is 4.74. The van der Waals surface area contributed by atoms with E-state index in [1.54, 1.807) is 12.1 Å². The molecule has 28 heavy (non-hydrogen) atoms. The molecule has 154 valence electrons. The molecule has 1 aromatic rings. The zero-order valence-electron chi connectivity index (χ0n) is 16.2. The number of hydrogen-bond donors (Lipinski definition) is 3. The van der Waals surface area contributed by atoms with Crippen LogP contribution in [0, 0.1) is 0 Å². The van der Waals surface area contributed by atoms with Crippen LogP contribution in [-0.2, 0) is 19.1 Å². The molecule has 0 radical (unpaired) electrons. The summed E-state index contributed by atoms with van der Waals surface area (Å²) in [4.78, 5) is 45.6. The molecule has 0 aliphatic carbocycles. The van der Waals surface area contributed by atoms with Gasteiger partial charge in [-0.05, 0) is 38.1 Å². The molecule has 0 aliphatic rings. The first-order chi connectivity index (χ1) is 13.1. The Hall–Kier alpha value is -2.94. The van der Waals surface area contributed by atoms with Gasteiger partial charge in [0, 0.05) is 25.6 Å². The molecule has 0 aliphatic heterocycles. The van der Waals surface area contributed by atoms with Crippen molar-refractivity contribution in [3.8, 4) is 5.75 Å². The van der Waals surface area contributed by atoms with Gasteiger partial charge in [0.15, 0.2) is 5.78 Å². The number of Topliss-reactive ketones (excluding diaryl/α,β-unsaturated/α-hetero) is 1. The van der Waals surface area contributed by atoms with Crippen molar-refractivity contribution in [2.75, 3.05) is 26.3 Å². The standard InChI is InChI=1S/C19H26N2O7/c1-13(22)20-8-9-21-16(23)12-17(24)28-11-10-27-15-6-4-14(5-7-15)18(25)19(2,3)26/h4-7,26H,8-12H2,1-3H3,(H,20,22)(H,21,23). The number of hydrogen-bond acceptors (Lipinski definition) is 7. The predicted octanol–water partition coefficient (Wildman–Crippen LogP) is 0.205. The third kappa shape index (κ3) is 9.13. The van der Waals surface area contributed by atoms with Crippen LogP contribution in [0.15, 0.2) is 24.3 Å². The maximum atomic E-state index is 11.9. The minimum Gasteiger partial charge on any atom is -0.490 e. The molecule has 9 nitrogen and oxygen atoms in total. The molecule has 1 rings (SSSR count). The van der Waals surface area contributed by atoms with Crippen molar-refractivity contribution in [1.29, 1.82) is 0 Å². The maximum absolute atomic E-state index is 11.9. The van der Waals surface area contributed by atoms with Crippen LogP contribution in [0.1, 0.15) is 37.6 Å².